The van der Waals surface area contributed by atoms with Gasteiger partial charge in [0.15, 0.2) is 0 Å². The number of carbonyl (C=O) groups is 1. The molecule has 1 amide bonds. The van der Waals surface area contributed by atoms with Crippen molar-refractivity contribution >= 4 is 17.5 Å². The predicted octanol–water partition coefficient (Wildman–Crippen LogP) is 2.67. The van der Waals surface area contributed by atoms with Crippen molar-refractivity contribution in [3.8, 4) is 0 Å². The van der Waals surface area contributed by atoms with E-state index in [1.54, 1.807) is 4.90 Å². The molecular formula is C15H20ClNO3. The van der Waals surface area contributed by atoms with Gasteiger partial charge in [-0.05, 0) is 24.1 Å². The van der Waals surface area contributed by atoms with Crippen LogP contribution in [-0.4, -0.2) is 43.7 Å². The first-order chi connectivity index (χ1) is 9.70. The molecule has 0 aliphatic carbocycles. The molecule has 0 unspecified atom stereocenters. The molecule has 1 aromatic rings. The number of morpholine rings is 1. The second kappa shape index (κ2) is 7.62. The van der Waals surface area contributed by atoms with Gasteiger partial charge in [0.1, 0.15) is 12.7 Å². The number of halogens is 1. The summed E-state index contributed by atoms with van der Waals surface area (Å²) in [6.07, 6.45) is 0.834. The monoisotopic (exact) mass is 297 g/mol. The van der Waals surface area contributed by atoms with Crippen LogP contribution in [0.4, 0.5) is 0 Å². The maximum Gasteiger partial charge on any atom is 0.248 e. The van der Waals surface area contributed by atoms with Crippen LogP contribution in [0, 0.1) is 0 Å². The van der Waals surface area contributed by atoms with Gasteiger partial charge in [-0.2, -0.15) is 0 Å². The van der Waals surface area contributed by atoms with Crippen molar-refractivity contribution in [2.75, 3.05) is 32.9 Å². The van der Waals surface area contributed by atoms with Crippen LogP contribution >= 0.6 is 11.6 Å². The minimum atomic E-state index is -0.0869. The molecule has 1 atom stereocenters. The largest absolute Gasteiger partial charge is 0.372 e. The molecule has 0 saturated carbocycles. The molecule has 20 heavy (non-hydrogen) atoms. The van der Waals surface area contributed by atoms with E-state index in [9.17, 15) is 4.79 Å². The van der Waals surface area contributed by atoms with E-state index >= 15 is 0 Å². The highest BCUT2D eigenvalue weighted by Crippen LogP contribution is 2.23. The van der Waals surface area contributed by atoms with Crippen LogP contribution in [0.5, 0.6) is 0 Å². The summed E-state index contributed by atoms with van der Waals surface area (Å²) in [6.45, 7) is 4.54. The molecule has 1 heterocycles. The lowest BCUT2D eigenvalue weighted by molar-refractivity contribution is -0.143. The molecule has 4 nitrogen and oxygen atoms in total. The first-order valence-electron chi connectivity index (χ1n) is 6.93. The SMILES string of the molecule is CCCOCC(=O)N1CCO[C@H](c2ccc(Cl)cc2)C1. The number of benzene rings is 1. The normalized spacial score (nSPS) is 19.1. The number of carbonyl (C=O) groups excluding carboxylic acids is 1. The summed E-state index contributed by atoms with van der Waals surface area (Å²) in [5.74, 6) is 0.0284. The lowest BCUT2D eigenvalue weighted by Crippen LogP contribution is -2.43. The topological polar surface area (TPSA) is 38.8 Å². The Kier molecular flexibility index (Phi) is 5.83. The van der Waals surface area contributed by atoms with E-state index in [-0.39, 0.29) is 18.6 Å². The van der Waals surface area contributed by atoms with Crippen LogP contribution in [-0.2, 0) is 14.3 Å². The average molecular weight is 298 g/mol. The molecule has 0 bridgehead atoms. The number of hydrogen-bond acceptors (Lipinski definition) is 3. The van der Waals surface area contributed by atoms with Gasteiger partial charge in [-0.25, -0.2) is 0 Å². The number of hydrogen-bond donors (Lipinski definition) is 0. The van der Waals surface area contributed by atoms with Crippen molar-refractivity contribution in [3.63, 3.8) is 0 Å². The fraction of sp³-hybridized carbons (Fsp3) is 0.533. The lowest BCUT2D eigenvalue weighted by Gasteiger charge is -2.33. The van der Waals surface area contributed by atoms with E-state index in [0.29, 0.717) is 31.3 Å². The number of rotatable bonds is 5. The van der Waals surface area contributed by atoms with Crippen LogP contribution in [0.3, 0.4) is 0 Å². The summed E-state index contributed by atoms with van der Waals surface area (Å²) in [5.41, 5.74) is 1.04. The van der Waals surface area contributed by atoms with Gasteiger partial charge in [0.2, 0.25) is 5.91 Å². The Morgan fingerprint density at radius 1 is 1.45 bits per heavy atom. The lowest BCUT2D eigenvalue weighted by atomic mass is 10.1. The minimum Gasteiger partial charge on any atom is -0.372 e. The van der Waals surface area contributed by atoms with E-state index in [2.05, 4.69) is 0 Å². The van der Waals surface area contributed by atoms with Crippen LogP contribution in [0.25, 0.3) is 0 Å². The standard InChI is InChI=1S/C15H20ClNO3/c1-2-8-19-11-15(18)17-7-9-20-14(10-17)12-3-5-13(16)6-4-12/h3-6,14H,2,7-11H2,1H3/t14-/m0/s1. The Balaban J connectivity index is 1.91. The van der Waals surface area contributed by atoms with Crippen LogP contribution in [0.1, 0.15) is 25.0 Å². The second-order valence-corrected chi connectivity index (χ2v) is 5.24. The van der Waals surface area contributed by atoms with E-state index in [1.807, 2.05) is 31.2 Å². The summed E-state index contributed by atoms with van der Waals surface area (Å²) >= 11 is 5.88. The molecule has 1 aliphatic heterocycles. The maximum absolute atomic E-state index is 12.0. The highest BCUT2D eigenvalue weighted by atomic mass is 35.5. The van der Waals surface area contributed by atoms with Gasteiger partial charge >= 0.3 is 0 Å². The molecule has 0 radical (unpaired) electrons. The zero-order chi connectivity index (χ0) is 14.4. The predicted molar refractivity (Wildman–Crippen MR) is 77.8 cm³/mol. The Bertz CT molecular complexity index is 435. The van der Waals surface area contributed by atoms with E-state index in [4.69, 9.17) is 21.1 Å². The van der Waals surface area contributed by atoms with Gasteiger partial charge in [-0.1, -0.05) is 30.7 Å². The quantitative estimate of drug-likeness (QED) is 0.784. The molecule has 1 saturated heterocycles. The van der Waals surface area contributed by atoms with Crippen molar-refractivity contribution in [2.24, 2.45) is 0 Å². The number of nitrogens with zero attached hydrogens (tertiary/aromatic N) is 1. The van der Waals surface area contributed by atoms with Crippen molar-refractivity contribution in [3.05, 3.63) is 34.9 Å². The van der Waals surface area contributed by atoms with Crippen LogP contribution < -0.4 is 0 Å². The number of ether oxygens (including phenoxy) is 2. The van der Waals surface area contributed by atoms with E-state index in [0.717, 1.165) is 12.0 Å². The zero-order valence-electron chi connectivity index (χ0n) is 11.7. The molecule has 2 rings (SSSR count). The molecule has 0 spiro atoms. The van der Waals surface area contributed by atoms with Crippen molar-refractivity contribution in [1.29, 1.82) is 0 Å². The Morgan fingerprint density at radius 2 is 2.20 bits per heavy atom. The van der Waals surface area contributed by atoms with Crippen molar-refractivity contribution < 1.29 is 14.3 Å². The highest BCUT2D eigenvalue weighted by Gasteiger charge is 2.25. The van der Waals surface area contributed by atoms with Crippen LogP contribution in [0.2, 0.25) is 5.02 Å². The zero-order valence-corrected chi connectivity index (χ0v) is 12.4. The second-order valence-electron chi connectivity index (χ2n) is 4.80. The molecule has 1 fully saturated rings. The Hall–Kier alpha value is -1.10. The van der Waals surface area contributed by atoms with Crippen molar-refractivity contribution in [1.82, 2.24) is 4.90 Å². The van der Waals surface area contributed by atoms with Gasteiger partial charge < -0.3 is 14.4 Å². The summed E-state index contributed by atoms with van der Waals surface area (Å²) in [6, 6.07) is 7.56. The van der Waals surface area contributed by atoms with Gasteiger partial charge in [-0.3, -0.25) is 4.79 Å². The minimum absolute atomic E-state index is 0.0284. The Morgan fingerprint density at radius 3 is 2.90 bits per heavy atom. The number of amides is 1. The Labute approximate surface area is 124 Å². The van der Waals surface area contributed by atoms with Gasteiger partial charge in [0.25, 0.3) is 0 Å². The van der Waals surface area contributed by atoms with Gasteiger partial charge in [0.05, 0.1) is 13.2 Å². The summed E-state index contributed by atoms with van der Waals surface area (Å²) < 4.78 is 11.0. The summed E-state index contributed by atoms with van der Waals surface area (Å²) in [4.78, 5) is 13.8. The summed E-state index contributed by atoms with van der Waals surface area (Å²) in [7, 11) is 0. The van der Waals surface area contributed by atoms with E-state index in [1.165, 1.54) is 0 Å². The fourth-order valence-electron chi connectivity index (χ4n) is 2.15. The van der Waals surface area contributed by atoms with Gasteiger partial charge in [-0.15, -0.1) is 0 Å². The average Bonchev–Trinajstić information content (AvgIpc) is 2.48. The molecule has 0 aromatic heterocycles. The molecule has 110 valence electrons. The summed E-state index contributed by atoms with van der Waals surface area (Å²) in [5, 5.41) is 0.699. The molecule has 0 N–H and O–H groups in total. The third kappa shape index (κ3) is 4.20. The third-order valence-electron chi connectivity index (χ3n) is 3.23. The molecule has 1 aliphatic rings. The smallest absolute Gasteiger partial charge is 0.248 e. The molecular weight excluding hydrogens is 278 g/mol. The van der Waals surface area contributed by atoms with Gasteiger partial charge in [0, 0.05) is 18.2 Å². The first-order valence-corrected chi connectivity index (χ1v) is 7.31. The fourth-order valence-corrected chi connectivity index (χ4v) is 2.28. The third-order valence-corrected chi connectivity index (χ3v) is 3.49. The highest BCUT2D eigenvalue weighted by molar-refractivity contribution is 6.30. The van der Waals surface area contributed by atoms with E-state index < -0.39 is 0 Å². The molecule has 5 heteroatoms. The van der Waals surface area contributed by atoms with Crippen molar-refractivity contribution in [2.45, 2.75) is 19.4 Å². The van der Waals surface area contributed by atoms with Crippen LogP contribution in [0.15, 0.2) is 24.3 Å². The molecule has 1 aromatic carbocycles. The first kappa shape index (κ1) is 15.3. The maximum atomic E-state index is 12.0.